The highest BCUT2D eigenvalue weighted by atomic mass is 15.2. The average molecular weight is 367 g/mol. The van der Waals surface area contributed by atoms with Crippen molar-refractivity contribution in [1.82, 2.24) is 9.55 Å². The molecule has 2 aromatic heterocycles. The first-order valence-electron chi connectivity index (χ1n) is 10.8. The van der Waals surface area contributed by atoms with Gasteiger partial charge in [-0.2, -0.15) is 4.57 Å². The van der Waals surface area contributed by atoms with Gasteiger partial charge in [0.1, 0.15) is 0 Å². The number of imidazole rings is 1. The maximum absolute atomic E-state index is 8.36. The van der Waals surface area contributed by atoms with Gasteiger partial charge in [0.05, 0.1) is 24.3 Å². The van der Waals surface area contributed by atoms with Crippen LogP contribution in [-0.2, 0) is 7.05 Å². The van der Waals surface area contributed by atoms with Gasteiger partial charge in [0.2, 0.25) is 0 Å². The summed E-state index contributed by atoms with van der Waals surface area (Å²) in [7, 11) is 2.02. The zero-order valence-electron chi connectivity index (χ0n) is 18.8. The molecule has 0 bridgehead atoms. The van der Waals surface area contributed by atoms with Crippen LogP contribution in [0.2, 0.25) is 0 Å². The number of aryl methyl sites for hydroxylation is 3. The Kier molecular flexibility index (Phi) is 3.08. The minimum atomic E-state index is -2.30. The molecule has 0 saturated heterocycles. The van der Waals surface area contributed by atoms with Crippen molar-refractivity contribution >= 4 is 21.9 Å². The highest BCUT2D eigenvalue weighted by Gasteiger charge is 2.28. The van der Waals surface area contributed by atoms with Crippen LogP contribution in [0.25, 0.3) is 39.0 Å². The summed E-state index contributed by atoms with van der Waals surface area (Å²) in [6.07, 6.45) is 1.69. The molecule has 0 saturated carbocycles. The quantitative estimate of drug-likeness (QED) is 0.389. The Balaban J connectivity index is 1.99. The molecule has 0 spiro atoms. The van der Waals surface area contributed by atoms with Crippen LogP contribution in [0.5, 0.6) is 0 Å². The molecule has 28 heavy (non-hydrogen) atoms. The molecule has 5 aromatic rings. The van der Waals surface area contributed by atoms with Crippen molar-refractivity contribution in [2.75, 3.05) is 0 Å². The fourth-order valence-electron chi connectivity index (χ4n) is 3.98. The van der Waals surface area contributed by atoms with Gasteiger partial charge in [-0.3, -0.25) is 4.98 Å². The van der Waals surface area contributed by atoms with E-state index in [9.17, 15) is 0 Å². The van der Waals surface area contributed by atoms with E-state index in [0.717, 1.165) is 28.0 Å². The molecule has 0 aliphatic rings. The third-order valence-electron chi connectivity index (χ3n) is 5.40. The van der Waals surface area contributed by atoms with Crippen LogP contribution < -0.4 is 4.57 Å². The molecule has 3 heteroatoms. The molecule has 5 rings (SSSR count). The first-order valence-corrected chi connectivity index (χ1v) is 9.32. The molecular weight excluding hydrogens is 342 g/mol. The Bertz CT molecular complexity index is 1450. The number of benzene rings is 3. The van der Waals surface area contributed by atoms with E-state index in [0.29, 0.717) is 22.2 Å². The van der Waals surface area contributed by atoms with Crippen molar-refractivity contribution in [1.29, 1.82) is 0 Å². The molecule has 0 radical (unpaired) electrons. The van der Waals surface area contributed by atoms with Gasteiger partial charge in [-0.1, -0.05) is 48.5 Å². The van der Waals surface area contributed by atoms with E-state index in [-0.39, 0.29) is 0 Å². The zero-order valence-corrected chi connectivity index (χ0v) is 15.8. The fraction of sp³-hybridized carbons (Fsp3) is 0.120. The van der Waals surface area contributed by atoms with Gasteiger partial charge in [0, 0.05) is 15.1 Å². The van der Waals surface area contributed by atoms with Crippen LogP contribution in [0.1, 0.15) is 15.2 Å². The Morgan fingerprint density at radius 1 is 0.929 bits per heavy atom. The molecule has 0 aliphatic heterocycles. The summed E-state index contributed by atoms with van der Waals surface area (Å²) in [5.41, 5.74) is 5.69. The molecule has 0 atom stereocenters. The van der Waals surface area contributed by atoms with Crippen molar-refractivity contribution in [3.05, 3.63) is 90.1 Å². The SMILES string of the molecule is [2H]C([2H])([2H])c1c(-n2c(-c3ccccc3C)[n+](C)c3ccccc32)cnc2ccccc12. The summed E-state index contributed by atoms with van der Waals surface area (Å²) >= 11 is 0. The van der Waals surface area contributed by atoms with Gasteiger partial charge in [0.25, 0.3) is 5.82 Å². The molecule has 3 aromatic carbocycles. The lowest BCUT2D eigenvalue weighted by molar-refractivity contribution is -0.633. The Morgan fingerprint density at radius 3 is 2.54 bits per heavy atom. The summed E-state index contributed by atoms with van der Waals surface area (Å²) in [5.74, 6) is 0.918. The van der Waals surface area contributed by atoms with Gasteiger partial charge < -0.3 is 0 Å². The van der Waals surface area contributed by atoms with E-state index in [4.69, 9.17) is 4.11 Å². The van der Waals surface area contributed by atoms with Crippen molar-refractivity contribution in [3.63, 3.8) is 0 Å². The first kappa shape index (κ1) is 13.7. The minimum absolute atomic E-state index is 0.314. The number of fused-ring (bicyclic) bond motifs is 2. The lowest BCUT2D eigenvalue weighted by Crippen LogP contribution is -2.30. The normalized spacial score (nSPS) is 13.4. The minimum Gasteiger partial charge on any atom is -0.252 e. The van der Waals surface area contributed by atoms with Crippen LogP contribution in [0.3, 0.4) is 0 Å². The Morgan fingerprint density at radius 2 is 1.68 bits per heavy atom. The molecule has 0 N–H and O–H groups in total. The van der Waals surface area contributed by atoms with Gasteiger partial charge in [-0.15, -0.1) is 0 Å². The number of nitrogens with zero attached hydrogens (tertiary/aromatic N) is 3. The van der Waals surface area contributed by atoms with Crippen LogP contribution >= 0.6 is 0 Å². The second-order valence-corrected chi connectivity index (χ2v) is 7.06. The number of hydrogen-bond acceptors (Lipinski definition) is 1. The van der Waals surface area contributed by atoms with Gasteiger partial charge >= 0.3 is 0 Å². The number of rotatable bonds is 2. The molecule has 0 amide bonds. The van der Waals surface area contributed by atoms with E-state index >= 15 is 0 Å². The number of aromatic nitrogens is 3. The highest BCUT2D eigenvalue weighted by Crippen LogP contribution is 2.31. The van der Waals surface area contributed by atoms with Crippen molar-refractivity contribution in [3.8, 4) is 17.1 Å². The Labute approximate surface area is 168 Å². The van der Waals surface area contributed by atoms with Crippen LogP contribution in [-0.4, -0.2) is 9.55 Å². The van der Waals surface area contributed by atoms with Crippen LogP contribution in [0, 0.1) is 13.8 Å². The van der Waals surface area contributed by atoms with E-state index in [1.165, 1.54) is 0 Å². The zero-order chi connectivity index (χ0) is 21.8. The topological polar surface area (TPSA) is 21.7 Å². The highest BCUT2D eigenvalue weighted by molar-refractivity contribution is 5.87. The molecule has 3 nitrogen and oxygen atoms in total. The fourth-order valence-corrected chi connectivity index (χ4v) is 3.98. The third kappa shape index (κ3) is 2.36. The molecule has 136 valence electrons. The lowest BCUT2D eigenvalue weighted by Gasteiger charge is -2.10. The number of pyridine rings is 1. The predicted octanol–water partition coefficient (Wildman–Crippen LogP) is 5.29. The summed E-state index contributed by atoms with van der Waals surface area (Å²) in [6, 6.07) is 23.6. The molecule has 0 unspecified atom stereocenters. The van der Waals surface area contributed by atoms with E-state index in [1.54, 1.807) is 6.20 Å². The van der Waals surface area contributed by atoms with Gasteiger partial charge in [-0.25, -0.2) is 4.57 Å². The Hall–Kier alpha value is -3.46. The number of hydrogen-bond donors (Lipinski definition) is 0. The summed E-state index contributed by atoms with van der Waals surface area (Å²) in [6.45, 7) is -0.231. The van der Waals surface area contributed by atoms with Gasteiger partial charge in [0.15, 0.2) is 16.7 Å². The molecular formula is C25H22N3+. The van der Waals surface area contributed by atoms with E-state index < -0.39 is 6.85 Å². The standard InChI is InChI=1S/C25H22N3/c1-17-10-4-5-11-19(17)25-27(3)22-14-8-9-15-23(22)28(25)24-16-26-21-13-7-6-12-20(21)18(24)2/h4-16H,1-3H3/q+1/i2D3. The molecule has 0 aliphatic carbocycles. The van der Waals surface area contributed by atoms with Crippen molar-refractivity contribution < 1.29 is 8.68 Å². The average Bonchev–Trinajstić information content (AvgIpc) is 3.05. The molecule has 0 fully saturated rings. The van der Waals surface area contributed by atoms with Crippen molar-refractivity contribution in [2.24, 2.45) is 7.05 Å². The monoisotopic (exact) mass is 367 g/mol. The summed E-state index contributed by atoms with van der Waals surface area (Å²) < 4.78 is 29.2. The third-order valence-corrected chi connectivity index (χ3v) is 5.40. The van der Waals surface area contributed by atoms with E-state index in [2.05, 4.69) is 34.7 Å². The second-order valence-electron chi connectivity index (χ2n) is 7.06. The van der Waals surface area contributed by atoms with Gasteiger partial charge in [-0.05, 0) is 43.6 Å². The summed E-state index contributed by atoms with van der Waals surface area (Å²) in [4.78, 5) is 4.62. The largest absolute Gasteiger partial charge is 0.295 e. The molecule has 2 heterocycles. The lowest BCUT2D eigenvalue weighted by atomic mass is 10.1. The second kappa shape index (κ2) is 6.31. The first-order chi connectivity index (χ1) is 14.9. The van der Waals surface area contributed by atoms with Crippen LogP contribution in [0.4, 0.5) is 0 Å². The number of para-hydroxylation sites is 3. The van der Waals surface area contributed by atoms with Crippen LogP contribution in [0.15, 0.2) is 79.0 Å². The summed E-state index contributed by atoms with van der Waals surface area (Å²) in [5, 5.41) is 0.649. The predicted molar refractivity (Wildman–Crippen MR) is 115 cm³/mol. The van der Waals surface area contributed by atoms with Crippen molar-refractivity contribution in [2.45, 2.75) is 13.8 Å². The smallest absolute Gasteiger partial charge is 0.252 e. The van der Waals surface area contributed by atoms with E-state index in [1.807, 2.05) is 66.2 Å². The maximum Gasteiger partial charge on any atom is 0.295 e. The maximum atomic E-state index is 8.36.